The molecule has 0 saturated heterocycles. The normalized spacial score (nSPS) is 12.9. The molecule has 1 N–H and O–H groups in total. The molecule has 0 aliphatic heterocycles. The number of rotatable bonds is 9. The van der Waals surface area contributed by atoms with Crippen LogP contribution in [0.15, 0.2) is 71.1 Å². The zero-order valence-electron chi connectivity index (χ0n) is 18.7. The van der Waals surface area contributed by atoms with E-state index in [-0.39, 0.29) is 18.5 Å². The van der Waals surface area contributed by atoms with E-state index in [1.54, 1.807) is 15.9 Å². The molecule has 0 atom stereocenters. The van der Waals surface area contributed by atoms with Crippen molar-refractivity contribution in [1.82, 2.24) is 9.80 Å². The quantitative estimate of drug-likeness (QED) is 0.500. The first-order valence-electron chi connectivity index (χ1n) is 11.2. The SMILES string of the molecule is Cc1ccc(CN(CCc2ccccc2)C(=O)CN(C(=O)Nc2cccc(F)c2)C2CC2)o1. The summed E-state index contributed by atoms with van der Waals surface area (Å²) in [6, 6.07) is 19.1. The van der Waals surface area contributed by atoms with Gasteiger partial charge in [-0.1, -0.05) is 36.4 Å². The van der Waals surface area contributed by atoms with Crippen LogP contribution in [0, 0.1) is 12.7 Å². The highest BCUT2D eigenvalue weighted by molar-refractivity contribution is 5.92. The van der Waals surface area contributed by atoms with Crippen LogP contribution < -0.4 is 5.32 Å². The second-order valence-corrected chi connectivity index (χ2v) is 8.36. The lowest BCUT2D eigenvalue weighted by molar-refractivity contribution is -0.132. The lowest BCUT2D eigenvalue weighted by Crippen LogP contribution is -2.45. The molecule has 7 heteroatoms. The molecule has 0 spiro atoms. The van der Waals surface area contributed by atoms with E-state index in [4.69, 9.17) is 4.42 Å². The van der Waals surface area contributed by atoms with Gasteiger partial charge < -0.3 is 19.5 Å². The lowest BCUT2D eigenvalue weighted by Gasteiger charge is -2.27. The van der Waals surface area contributed by atoms with Crippen molar-refractivity contribution in [2.24, 2.45) is 0 Å². The molecule has 33 heavy (non-hydrogen) atoms. The predicted molar refractivity (Wildman–Crippen MR) is 124 cm³/mol. The fraction of sp³-hybridized carbons (Fsp3) is 0.308. The zero-order valence-corrected chi connectivity index (χ0v) is 18.7. The summed E-state index contributed by atoms with van der Waals surface area (Å²) in [5.74, 6) is 0.912. The molecule has 1 aromatic heterocycles. The third-order valence-electron chi connectivity index (χ3n) is 5.64. The molecule has 172 valence electrons. The number of hydrogen-bond donors (Lipinski definition) is 1. The van der Waals surface area contributed by atoms with E-state index < -0.39 is 11.8 Å². The van der Waals surface area contributed by atoms with Gasteiger partial charge in [0.1, 0.15) is 23.9 Å². The monoisotopic (exact) mass is 449 g/mol. The zero-order chi connectivity index (χ0) is 23.2. The first-order valence-corrected chi connectivity index (χ1v) is 11.2. The van der Waals surface area contributed by atoms with Gasteiger partial charge in [-0.2, -0.15) is 0 Å². The highest BCUT2D eigenvalue weighted by Crippen LogP contribution is 2.28. The largest absolute Gasteiger partial charge is 0.464 e. The number of aryl methyl sites for hydroxylation is 1. The molecule has 4 rings (SSSR count). The highest BCUT2D eigenvalue weighted by atomic mass is 19.1. The van der Waals surface area contributed by atoms with Crippen LogP contribution in [0.25, 0.3) is 0 Å². The van der Waals surface area contributed by atoms with Crippen LogP contribution in [0.1, 0.15) is 29.9 Å². The van der Waals surface area contributed by atoms with Gasteiger partial charge in [-0.15, -0.1) is 0 Å². The molecule has 2 aromatic carbocycles. The highest BCUT2D eigenvalue weighted by Gasteiger charge is 2.35. The van der Waals surface area contributed by atoms with Gasteiger partial charge in [0.15, 0.2) is 0 Å². The number of hydrogen-bond acceptors (Lipinski definition) is 3. The summed E-state index contributed by atoms with van der Waals surface area (Å²) in [5, 5.41) is 2.72. The molecule has 1 aliphatic carbocycles. The molecule has 0 radical (unpaired) electrons. The maximum absolute atomic E-state index is 13.5. The molecule has 6 nitrogen and oxygen atoms in total. The van der Waals surface area contributed by atoms with Gasteiger partial charge in [0.25, 0.3) is 0 Å². The van der Waals surface area contributed by atoms with Gasteiger partial charge in [-0.05, 0) is 62.1 Å². The van der Waals surface area contributed by atoms with Crippen molar-refractivity contribution in [1.29, 1.82) is 0 Å². The molecule has 1 aliphatic rings. The Morgan fingerprint density at radius 1 is 1.06 bits per heavy atom. The Morgan fingerprint density at radius 2 is 1.85 bits per heavy atom. The Morgan fingerprint density at radius 3 is 2.52 bits per heavy atom. The Labute approximate surface area is 193 Å². The Kier molecular flexibility index (Phi) is 7.07. The van der Waals surface area contributed by atoms with E-state index in [0.717, 1.165) is 24.2 Å². The second-order valence-electron chi connectivity index (χ2n) is 8.36. The summed E-state index contributed by atoms with van der Waals surface area (Å²) in [5.41, 5.74) is 1.50. The number of carbonyl (C=O) groups is 2. The van der Waals surface area contributed by atoms with Gasteiger partial charge in [0.2, 0.25) is 5.91 Å². The van der Waals surface area contributed by atoms with Crippen LogP contribution in [0.5, 0.6) is 0 Å². The average Bonchev–Trinajstić information content (AvgIpc) is 3.56. The number of urea groups is 1. The molecule has 1 saturated carbocycles. The molecule has 0 bridgehead atoms. The summed E-state index contributed by atoms with van der Waals surface area (Å²) in [4.78, 5) is 29.5. The van der Waals surface area contributed by atoms with Crippen molar-refractivity contribution in [3.8, 4) is 0 Å². The van der Waals surface area contributed by atoms with Crippen LogP contribution in [-0.4, -0.2) is 40.9 Å². The van der Waals surface area contributed by atoms with Crippen molar-refractivity contribution in [3.05, 3.63) is 89.6 Å². The van der Waals surface area contributed by atoms with Crippen molar-refractivity contribution >= 4 is 17.6 Å². The number of halogens is 1. The standard InChI is InChI=1S/C26H28FN3O3/c1-19-10-13-24(33-19)17-29(15-14-20-6-3-2-4-7-20)25(31)18-30(23-11-12-23)26(32)28-22-9-5-8-21(27)16-22/h2-10,13,16,23H,11-12,14-15,17-18H2,1H3,(H,28,32). The number of nitrogens with one attached hydrogen (secondary N) is 1. The van der Waals surface area contributed by atoms with E-state index in [1.807, 2.05) is 49.4 Å². The topological polar surface area (TPSA) is 65.8 Å². The Bertz CT molecular complexity index is 1090. The summed E-state index contributed by atoms with van der Waals surface area (Å²) in [6.45, 7) is 2.67. The van der Waals surface area contributed by atoms with E-state index in [0.29, 0.717) is 31.0 Å². The number of furan rings is 1. The Balaban J connectivity index is 1.45. The van der Waals surface area contributed by atoms with Crippen LogP contribution in [0.3, 0.4) is 0 Å². The minimum absolute atomic E-state index is 0.0179. The minimum atomic E-state index is -0.428. The van der Waals surface area contributed by atoms with Crippen molar-refractivity contribution in [2.45, 2.75) is 38.8 Å². The van der Waals surface area contributed by atoms with Crippen LogP contribution >= 0.6 is 0 Å². The van der Waals surface area contributed by atoms with Crippen molar-refractivity contribution < 1.29 is 18.4 Å². The maximum atomic E-state index is 13.5. The third kappa shape index (κ3) is 6.44. The molecular formula is C26H28FN3O3. The van der Waals surface area contributed by atoms with Gasteiger partial charge >= 0.3 is 6.03 Å². The number of amides is 3. The third-order valence-corrected chi connectivity index (χ3v) is 5.64. The van der Waals surface area contributed by atoms with Crippen molar-refractivity contribution in [3.63, 3.8) is 0 Å². The van der Waals surface area contributed by atoms with E-state index in [9.17, 15) is 14.0 Å². The van der Waals surface area contributed by atoms with Gasteiger partial charge in [0.05, 0.1) is 6.54 Å². The molecule has 0 unspecified atom stereocenters. The maximum Gasteiger partial charge on any atom is 0.322 e. The first-order chi connectivity index (χ1) is 16.0. The minimum Gasteiger partial charge on any atom is -0.464 e. The van der Waals surface area contributed by atoms with E-state index in [1.165, 1.54) is 18.2 Å². The summed E-state index contributed by atoms with van der Waals surface area (Å²) in [7, 11) is 0. The summed E-state index contributed by atoms with van der Waals surface area (Å²) in [6.07, 6.45) is 2.40. The number of benzene rings is 2. The van der Waals surface area contributed by atoms with Crippen LogP contribution in [0.4, 0.5) is 14.9 Å². The van der Waals surface area contributed by atoms with Crippen molar-refractivity contribution in [2.75, 3.05) is 18.4 Å². The number of anilines is 1. The van der Waals surface area contributed by atoms with Gasteiger partial charge in [-0.3, -0.25) is 4.79 Å². The number of carbonyl (C=O) groups excluding carboxylic acids is 2. The van der Waals surface area contributed by atoms with E-state index >= 15 is 0 Å². The van der Waals surface area contributed by atoms with Crippen LogP contribution in [-0.2, 0) is 17.8 Å². The molecule has 3 aromatic rings. The first kappa shape index (κ1) is 22.6. The molecule has 1 heterocycles. The molecular weight excluding hydrogens is 421 g/mol. The summed E-state index contributed by atoms with van der Waals surface area (Å²) >= 11 is 0. The van der Waals surface area contributed by atoms with Crippen LogP contribution in [0.2, 0.25) is 0 Å². The summed E-state index contributed by atoms with van der Waals surface area (Å²) < 4.78 is 19.2. The molecule has 3 amide bonds. The number of nitrogens with zero attached hydrogens (tertiary/aromatic N) is 2. The second kappa shape index (κ2) is 10.3. The van der Waals surface area contributed by atoms with Gasteiger partial charge in [-0.25, -0.2) is 9.18 Å². The fourth-order valence-corrected chi connectivity index (χ4v) is 3.72. The average molecular weight is 450 g/mol. The Hall–Kier alpha value is -3.61. The molecule has 1 fully saturated rings. The van der Waals surface area contributed by atoms with Gasteiger partial charge in [0, 0.05) is 18.3 Å². The fourth-order valence-electron chi connectivity index (χ4n) is 3.72. The smallest absolute Gasteiger partial charge is 0.322 e. The van der Waals surface area contributed by atoms with E-state index in [2.05, 4.69) is 5.32 Å². The predicted octanol–water partition coefficient (Wildman–Crippen LogP) is 4.99. The lowest BCUT2D eigenvalue weighted by atomic mass is 10.1.